The lowest BCUT2D eigenvalue weighted by Crippen LogP contribution is -2.25. The van der Waals surface area contributed by atoms with Crippen molar-refractivity contribution >= 4 is 11.9 Å². The second-order valence-electron chi connectivity index (χ2n) is 4.02. The minimum atomic E-state index is -0.953. The van der Waals surface area contributed by atoms with Crippen molar-refractivity contribution in [1.82, 2.24) is 4.90 Å². The molecule has 1 rings (SSSR count). The molecule has 0 aromatic heterocycles. The lowest BCUT2D eigenvalue weighted by Gasteiger charge is -2.19. The van der Waals surface area contributed by atoms with E-state index in [0.717, 1.165) is 12.1 Å². The van der Waals surface area contributed by atoms with E-state index in [4.69, 9.17) is 10.2 Å². The molecule has 0 unspecified atom stereocenters. The van der Waals surface area contributed by atoms with E-state index in [2.05, 4.69) is 0 Å². The highest BCUT2D eigenvalue weighted by molar-refractivity contribution is 5.87. The summed E-state index contributed by atoms with van der Waals surface area (Å²) in [6, 6.07) is 6.70. The fourth-order valence-electron chi connectivity index (χ4n) is 1.66. The number of aliphatic carboxylic acids is 1. The Bertz CT molecular complexity index is 431. The number of carbonyl (C=O) groups is 2. The highest BCUT2D eigenvalue weighted by Crippen LogP contribution is 2.09. The summed E-state index contributed by atoms with van der Waals surface area (Å²) in [7, 11) is 0. The van der Waals surface area contributed by atoms with Gasteiger partial charge >= 0.3 is 11.9 Å². The van der Waals surface area contributed by atoms with Crippen molar-refractivity contribution in [2.45, 2.75) is 19.9 Å². The minimum Gasteiger partial charge on any atom is -0.481 e. The second-order valence-corrected chi connectivity index (χ2v) is 4.02. The molecule has 5 heteroatoms. The summed E-state index contributed by atoms with van der Waals surface area (Å²) < 4.78 is 0. The molecule has 0 bridgehead atoms. The predicted molar refractivity (Wildman–Crippen MR) is 66.6 cm³/mol. The summed E-state index contributed by atoms with van der Waals surface area (Å²) in [6.45, 7) is 3.70. The van der Waals surface area contributed by atoms with Crippen molar-refractivity contribution in [2.24, 2.45) is 0 Å². The quantitative estimate of drug-likeness (QED) is 0.771. The molecule has 0 aliphatic rings. The van der Waals surface area contributed by atoms with Crippen LogP contribution in [0.2, 0.25) is 0 Å². The fourth-order valence-corrected chi connectivity index (χ4v) is 1.66. The summed E-state index contributed by atoms with van der Waals surface area (Å²) in [5, 5.41) is 17.5. The van der Waals surface area contributed by atoms with E-state index in [1.54, 1.807) is 18.2 Å². The first-order valence-electron chi connectivity index (χ1n) is 5.79. The van der Waals surface area contributed by atoms with E-state index in [1.165, 1.54) is 0 Å². The van der Waals surface area contributed by atoms with Gasteiger partial charge in [0.15, 0.2) is 0 Å². The van der Waals surface area contributed by atoms with Gasteiger partial charge in [0.05, 0.1) is 12.0 Å². The van der Waals surface area contributed by atoms with Crippen LogP contribution in [-0.4, -0.2) is 40.1 Å². The van der Waals surface area contributed by atoms with Crippen molar-refractivity contribution in [3.05, 3.63) is 35.4 Å². The standard InChI is InChI=1S/C13H17NO4/c1-2-14(7-6-12(15)16)9-10-4-3-5-11(8-10)13(17)18/h3-5,8H,2,6-7,9H2,1H3,(H,15,16)(H,17,18). The zero-order valence-corrected chi connectivity index (χ0v) is 10.3. The van der Waals surface area contributed by atoms with Crippen LogP contribution >= 0.6 is 0 Å². The van der Waals surface area contributed by atoms with E-state index in [1.807, 2.05) is 17.9 Å². The van der Waals surface area contributed by atoms with Gasteiger partial charge in [-0.25, -0.2) is 4.79 Å². The Kier molecular flexibility index (Phi) is 5.32. The lowest BCUT2D eigenvalue weighted by molar-refractivity contribution is -0.137. The molecule has 0 saturated heterocycles. The van der Waals surface area contributed by atoms with Crippen molar-refractivity contribution in [1.29, 1.82) is 0 Å². The molecule has 0 fully saturated rings. The molecule has 0 aliphatic carbocycles. The van der Waals surface area contributed by atoms with Gasteiger partial charge < -0.3 is 10.2 Å². The summed E-state index contributed by atoms with van der Waals surface area (Å²) in [4.78, 5) is 23.3. The van der Waals surface area contributed by atoms with E-state index in [-0.39, 0.29) is 12.0 Å². The third-order valence-corrected chi connectivity index (χ3v) is 2.67. The van der Waals surface area contributed by atoms with Gasteiger partial charge in [-0.2, -0.15) is 0 Å². The number of nitrogens with zero attached hydrogens (tertiary/aromatic N) is 1. The van der Waals surface area contributed by atoms with E-state index < -0.39 is 11.9 Å². The third kappa shape index (κ3) is 4.55. The topological polar surface area (TPSA) is 77.8 Å². The Morgan fingerprint density at radius 2 is 2.00 bits per heavy atom. The number of hydrogen-bond acceptors (Lipinski definition) is 3. The Labute approximate surface area is 106 Å². The first-order chi connectivity index (χ1) is 8.52. The van der Waals surface area contributed by atoms with Crippen LogP contribution in [0.5, 0.6) is 0 Å². The molecule has 0 atom stereocenters. The zero-order chi connectivity index (χ0) is 13.5. The fraction of sp³-hybridized carbons (Fsp3) is 0.385. The van der Waals surface area contributed by atoms with Crippen molar-refractivity contribution in [2.75, 3.05) is 13.1 Å². The van der Waals surface area contributed by atoms with Crippen LogP contribution in [0, 0.1) is 0 Å². The molecular weight excluding hydrogens is 234 g/mol. The number of carboxylic acid groups (broad SMARTS) is 2. The summed E-state index contributed by atoms with van der Waals surface area (Å²) >= 11 is 0. The Balaban J connectivity index is 2.66. The zero-order valence-electron chi connectivity index (χ0n) is 10.3. The minimum absolute atomic E-state index is 0.0897. The maximum Gasteiger partial charge on any atom is 0.335 e. The lowest BCUT2D eigenvalue weighted by atomic mass is 10.1. The van der Waals surface area contributed by atoms with Gasteiger partial charge in [-0.3, -0.25) is 9.69 Å². The monoisotopic (exact) mass is 251 g/mol. The molecule has 2 N–H and O–H groups in total. The summed E-state index contributed by atoms with van der Waals surface area (Å²) in [5.74, 6) is -1.78. The van der Waals surface area contributed by atoms with Gasteiger partial charge in [0.1, 0.15) is 0 Å². The average molecular weight is 251 g/mol. The molecule has 0 aliphatic heterocycles. The Morgan fingerprint density at radius 1 is 1.28 bits per heavy atom. The molecule has 1 aromatic carbocycles. The maximum absolute atomic E-state index is 10.8. The van der Waals surface area contributed by atoms with Gasteiger partial charge in [-0.05, 0) is 24.2 Å². The predicted octanol–water partition coefficient (Wildman–Crippen LogP) is 1.68. The Morgan fingerprint density at radius 3 is 2.56 bits per heavy atom. The SMILES string of the molecule is CCN(CCC(=O)O)Cc1cccc(C(=O)O)c1. The molecule has 1 aromatic rings. The number of benzene rings is 1. The molecule has 98 valence electrons. The maximum atomic E-state index is 10.8. The van der Waals surface area contributed by atoms with Crippen LogP contribution in [0.4, 0.5) is 0 Å². The number of carboxylic acids is 2. The van der Waals surface area contributed by atoms with Gasteiger partial charge in [0.2, 0.25) is 0 Å². The van der Waals surface area contributed by atoms with Crippen LogP contribution in [0.1, 0.15) is 29.3 Å². The van der Waals surface area contributed by atoms with Gasteiger partial charge in [0.25, 0.3) is 0 Å². The molecule has 0 saturated carbocycles. The van der Waals surface area contributed by atoms with E-state index in [0.29, 0.717) is 13.1 Å². The molecule has 0 radical (unpaired) electrons. The molecule has 0 amide bonds. The van der Waals surface area contributed by atoms with Crippen molar-refractivity contribution in [3.63, 3.8) is 0 Å². The number of aromatic carboxylic acids is 1. The highest BCUT2D eigenvalue weighted by Gasteiger charge is 2.08. The van der Waals surface area contributed by atoms with Gasteiger partial charge in [0, 0.05) is 13.1 Å². The van der Waals surface area contributed by atoms with Crippen molar-refractivity contribution in [3.8, 4) is 0 Å². The first-order valence-corrected chi connectivity index (χ1v) is 5.79. The molecule has 0 heterocycles. The van der Waals surface area contributed by atoms with Crippen LogP contribution < -0.4 is 0 Å². The molecule has 0 spiro atoms. The van der Waals surface area contributed by atoms with Crippen LogP contribution in [-0.2, 0) is 11.3 Å². The highest BCUT2D eigenvalue weighted by atomic mass is 16.4. The Hall–Kier alpha value is -1.88. The molecule has 18 heavy (non-hydrogen) atoms. The third-order valence-electron chi connectivity index (χ3n) is 2.67. The van der Waals surface area contributed by atoms with E-state index in [9.17, 15) is 9.59 Å². The average Bonchev–Trinajstić information content (AvgIpc) is 2.34. The summed E-state index contributed by atoms with van der Waals surface area (Å²) in [6.07, 6.45) is 0.0897. The second kappa shape index (κ2) is 6.76. The van der Waals surface area contributed by atoms with Crippen LogP contribution in [0.15, 0.2) is 24.3 Å². The number of rotatable bonds is 7. The molecular formula is C13H17NO4. The van der Waals surface area contributed by atoms with E-state index >= 15 is 0 Å². The first kappa shape index (κ1) is 14.2. The van der Waals surface area contributed by atoms with Gasteiger partial charge in [-0.1, -0.05) is 19.1 Å². The summed E-state index contributed by atoms with van der Waals surface area (Å²) in [5.41, 5.74) is 1.13. The van der Waals surface area contributed by atoms with Crippen LogP contribution in [0.25, 0.3) is 0 Å². The molecule has 5 nitrogen and oxygen atoms in total. The van der Waals surface area contributed by atoms with Crippen molar-refractivity contribution < 1.29 is 19.8 Å². The van der Waals surface area contributed by atoms with Gasteiger partial charge in [-0.15, -0.1) is 0 Å². The normalized spacial score (nSPS) is 10.6. The largest absolute Gasteiger partial charge is 0.481 e. The van der Waals surface area contributed by atoms with Crippen LogP contribution in [0.3, 0.4) is 0 Å². The number of hydrogen-bond donors (Lipinski definition) is 2. The smallest absolute Gasteiger partial charge is 0.335 e.